The topological polar surface area (TPSA) is 125 Å². The molecule has 0 aromatic heterocycles. The van der Waals surface area contributed by atoms with Gasteiger partial charge < -0.3 is 24.1 Å². The van der Waals surface area contributed by atoms with Gasteiger partial charge in [0.15, 0.2) is 6.10 Å². The van der Waals surface area contributed by atoms with E-state index in [1.54, 1.807) is 13.0 Å². The number of carbonyl (C=O) groups excluding carboxylic acids is 4. The number of benzene rings is 1. The maximum Gasteiger partial charge on any atom is 0.331 e. The summed E-state index contributed by atoms with van der Waals surface area (Å²) in [5, 5.41) is 11.3. The minimum Gasteiger partial charge on any atom is -0.462 e. The van der Waals surface area contributed by atoms with Crippen LogP contribution in [0, 0.1) is 22.7 Å². The molecule has 0 radical (unpaired) electrons. The van der Waals surface area contributed by atoms with Crippen molar-refractivity contribution in [1.82, 2.24) is 0 Å². The Morgan fingerprint density at radius 1 is 0.932 bits per heavy atom. The average Bonchev–Trinajstić information content (AvgIpc) is 2.93. The Hall–Kier alpha value is -3.72. The molecule has 0 amide bonds. The van der Waals surface area contributed by atoms with Gasteiger partial charge in [0.1, 0.15) is 18.3 Å². The summed E-state index contributed by atoms with van der Waals surface area (Å²) in [6.45, 7) is 15.9. The van der Waals surface area contributed by atoms with Gasteiger partial charge in [-0.05, 0) is 60.0 Å². The molecule has 3 aliphatic carbocycles. The first kappa shape index (κ1) is 33.2. The summed E-state index contributed by atoms with van der Waals surface area (Å²) in [5.41, 5.74) is 0.882. The van der Waals surface area contributed by atoms with Crippen molar-refractivity contribution in [3.8, 4) is 0 Å². The number of ether oxygens (including phenoxy) is 4. The first-order chi connectivity index (χ1) is 20.6. The van der Waals surface area contributed by atoms with Crippen LogP contribution in [0.4, 0.5) is 0 Å². The minimum atomic E-state index is -1.02. The highest BCUT2D eigenvalue weighted by Gasteiger charge is 2.64. The summed E-state index contributed by atoms with van der Waals surface area (Å²) in [5.74, 6) is -3.34. The first-order valence-corrected chi connectivity index (χ1v) is 15.1. The fraction of sp³-hybridized carbons (Fsp3) is 0.543. The van der Waals surface area contributed by atoms with E-state index in [2.05, 4.69) is 6.58 Å². The monoisotopic (exact) mass is 608 g/mol. The van der Waals surface area contributed by atoms with Gasteiger partial charge in [0.05, 0.1) is 6.10 Å². The Morgan fingerprint density at radius 2 is 1.55 bits per heavy atom. The molecular formula is C35H44O9. The van der Waals surface area contributed by atoms with Crippen molar-refractivity contribution in [3.63, 3.8) is 0 Å². The number of aliphatic hydroxyl groups is 1. The summed E-state index contributed by atoms with van der Waals surface area (Å²) < 4.78 is 24.1. The van der Waals surface area contributed by atoms with Crippen molar-refractivity contribution in [3.05, 3.63) is 65.3 Å². The zero-order valence-electron chi connectivity index (χ0n) is 26.6. The lowest BCUT2D eigenvalue weighted by Gasteiger charge is -2.60. The second kappa shape index (κ2) is 12.7. The van der Waals surface area contributed by atoms with E-state index in [-0.39, 0.29) is 6.42 Å². The molecule has 3 aliphatic rings. The van der Waals surface area contributed by atoms with Crippen LogP contribution in [0.3, 0.4) is 0 Å². The van der Waals surface area contributed by atoms with Crippen molar-refractivity contribution in [2.45, 2.75) is 98.2 Å². The third-order valence-electron chi connectivity index (χ3n) is 9.78. The van der Waals surface area contributed by atoms with Gasteiger partial charge >= 0.3 is 23.9 Å². The van der Waals surface area contributed by atoms with Gasteiger partial charge in [-0.1, -0.05) is 57.7 Å². The molecule has 1 aromatic rings. The number of aliphatic hydroxyl groups excluding tert-OH is 1. The lowest BCUT2D eigenvalue weighted by atomic mass is 9.49. The van der Waals surface area contributed by atoms with Crippen molar-refractivity contribution in [1.29, 1.82) is 0 Å². The lowest BCUT2D eigenvalue weighted by Crippen LogP contribution is -2.64. The molecule has 0 spiro atoms. The Labute approximate surface area is 259 Å². The zero-order chi connectivity index (χ0) is 32.6. The van der Waals surface area contributed by atoms with Gasteiger partial charge in [-0.2, -0.15) is 0 Å². The van der Waals surface area contributed by atoms with Crippen LogP contribution in [0.25, 0.3) is 6.08 Å². The van der Waals surface area contributed by atoms with E-state index < -0.39 is 77.1 Å². The Kier molecular flexibility index (Phi) is 9.59. The van der Waals surface area contributed by atoms with Crippen LogP contribution in [0.2, 0.25) is 0 Å². The third-order valence-corrected chi connectivity index (χ3v) is 9.78. The van der Waals surface area contributed by atoms with Gasteiger partial charge in [-0.15, -0.1) is 0 Å². The highest BCUT2D eigenvalue weighted by molar-refractivity contribution is 5.87. The van der Waals surface area contributed by atoms with E-state index in [4.69, 9.17) is 18.9 Å². The molecule has 8 atom stereocenters. The van der Waals surface area contributed by atoms with Crippen LogP contribution in [-0.4, -0.2) is 59.5 Å². The van der Waals surface area contributed by atoms with Crippen LogP contribution in [0.15, 0.2) is 59.7 Å². The van der Waals surface area contributed by atoms with Crippen molar-refractivity contribution in [2.24, 2.45) is 22.7 Å². The number of hydrogen-bond donors (Lipinski definition) is 1. The molecule has 4 rings (SSSR count). The fourth-order valence-corrected chi connectivity index (χ4v) is 7.84. The van der Waals surface area contributed by atoms with Crippen LogP contribution in [0.5, 0.6) is 0 Å². The Bertz CT molecular complexity index is 1370. The molecule has 44 heavy (non-hydrogen) atoms. The van der Waals surface area contributed by atoms with Crippen LogP contribution in [0.1, 0.15) is 73.3 Å². The van der Waals surface area contributed by atoms with Crippen molar-refractivity contribution >= 4 is 30.0 Å². The van der Waals surface area contributed by atoms with Gasteiger partial charge in [-0.3, -0.25) is 14.4 Å². The fourth-order valence-electron chi connectivity index (χ4n) is 7.84. The van der Waals surface area contributed by atoms with Gasteiger partial charge in [0.2, 0.25) is 0 Å². The first-order valence-electron chi connectivity index (χ1n) is 15.1. The Balaban J connectivity index is 1.86. The molecule has 1 N–H and O–H groups in total. The lowest BCUT2D eigenvalue weighted by molar-refractivity contribution is -0.204. The summed E-state index contributed by atoms with van der Waals surface area (Å²) in [4.78, 5) is 50.9. The highest BCUT2D eigenvalue weighted by Crippen LogP contribution is 2.61. The van der Waals surface area contributed by atoms with E-state index >= 15 is 0 Å². The summed E-state index contributed by atoms with van der Waals surface area (Å²) in [7, 11) is 0. The average molecular weight is 609 g/mol. The van der Waals surface area contributed by atoms with Gasteiger partial charge in [0, 0.05) is 44.1 Å². The molecule has 0 unspecified atom stereocenters. The smallest absolute Gasteiger partial charge is 0.331 e. The molecule has 2 saturated carbocycles. The molecular weight excluding hydrogens is 564 g/mol. The molecule has 9 nitrogen and oxygen atoms in total. The largest absolute Gasteiger partial charge is 0.462 e. The van der Waals surface area contributed by atoms with E-state index in [0.29, 0.717) is 29.6 Å². The number of rotatable bonds is 6. The van der Waals surface area contributed by atoms with Crippen LogP contribution in [-0.2, 0) is 38.1 Å². The second-order valence-electron chi connectivity index (χ2n) is 13.1. The van der Waals surface area contributed by atoms with Crippen molar-refractivity contribution < 1.29 is 43.2 Å². The van der Waals surface area contributed by atoms with Gasteiger partial charge in [0.25, 0.3) is 0 Å². The third kappa shape index (κ3) is 6.39. The summed E-state index contributed by atoms with van der Waals surface area (Å²) in [6, 6.07) is 9.35. The van der Waals surface area contributed by atoms with Gasteiger partial charge in [-0.25, -0.2) is 4.79 Å². The quantitative estimate of drug-likeness (QED) is 0.203. The maximum atomic E-state index is 13.0. The molecule has 0 heterocycles. The van der Waals surface area contributed by atoms with Crippen molar-refractivity contribution in [2.75, 3.05) is 0 Å². The maximum absolute atomic E-state index is 13.0. The Morgan fingerprint density at radius 3 is 2.14 bits per heavy atom. The predicted molar refractivity (Wildman–Crippen MR) is 163 cm³/mol. The summed E-state index contributed by atoms with van der Waals surface area (Å²) in [6.07, 6.45) is -0.494. The predicted octanol–water partition coefficient (Wildman–Crippen LogP) is 5.12. The van der Waals surface area contributed by atoms with E-state index in [0.717, 1.165) is 5.56 Å². The highest BCUT2D eigenvalue weighted by atomic mass is 16.6. The standard InChI is InChI=1S/C35H44O9/c1-19-26(39)18-25-31(41-21(3)36)30-20(2)27(44-28(40)15-14-24-12-10-9-11-13-24)16-17-35(30,8)33(43-23(5)38)32(42-22(4)37)29(19)34(25,6)7/h9-15,25-27,30-33,39H,2,16-18H2,1,3-8H3/b15-14+/t25-,26-,27-,30-,31+,32+,33-,35+/m0/s1. The molecule has 9 heteroatoms. The second-order valence-corrected chi connectivity index (χ2v) is 13.1. The normalized spacial score (nSPS) is 33.0. The van der Waals surface area contributed by atoms with E-state index in [1.807, 2.05) is 51.1 Å². The molecule has 2 fully saturated rings. The minimum absolute atomic E-state index is 0.273. The number of fused-ring (bicyclic) bond motifs is 3. The number of hydrogen-bond acceptors (Lipinski definition) is 9. The molecule has 238 valence electrons. The summed E-state index contributed by atoms with van der Waals surface area (Å²) >= 11 is 0. The number of esters is 4. The molecule has 0 saturated heterocycles. The molecule has 2 bridgehead atoms. The van der Waals surface area contributed by atoms with E-state index in [1.165, 1.54) is 26.8 Å². The molecule has 1 aromatic carbocycles. The van der Waals surface area contributed by atoms with E-state index in [9.17, 15) is 24.3 Å². The zero-order valence-corrected chi connectivity index (χ0v) is 26.6. The SMILES string of the molecule is C=C1[C@@H](OC(=O)/C=C/c2ccccc2)CC[C@@]2(C)[C@@H](OC(C)=O)[C@H](OC(C)=O)C3=C(C)[C@@H](O)C[C@@H]([C@@H](OC(C)=O)[C@H]12)C3(C)C. The van der Waals surface area contributed by atoms with Crippen LogP contribution >= 0.6 is 0 Å². The van der Waals surface area contributed by atoms with Crippen LogP contribution < -0.4 is 0 Å². The number of carbonyl (C=O) groups is 4. The molecule has 0 aliphatic heterocycles.